The van der Waals surface area contributed by atoms with Crippen LogP contribution in [-0.4, -0.2) is 0 Å². The van der Waals surface area contributed by atoms with Gasteiger partial charge in [0.25, 0.3) is 0 Å². The summed E-state index contributed by atoms with van der Waals surface area (Å²) in [5.74, 6) is 0. The fraction of sp³-hybridized carbons (Fsp3) is 0.111. The van der Waals surface area contributed by atoms with Crippen LogP contribution in [0.25, 0.3) is 21.9 Å². The molecule has 3 aromatic rings. The van der Waals surface area contributed by atoms with Gasteiger partial charge in [-0.15, -0.1) is 0 Å². The van der Waals surface area contributed by atoms with Gasteiger partial charge in [-0.3, -0.25) is 0 Å². The predicted octanol–water partition coefficient (Wildman–Crippen LogP) is 5.37. The average molecular weight is 265 g/mol. The van der Waals surface area contributed by atoms with Crippen LogP contribution >= 0.6 is 11.6 Å². The quantitative estimate of drug-likeness (QED) is 0.400. The van der Waals surface area contributed by atoms with Crippen LogP contribution in [-0.2, 0) is 6.42 Å². The monoisotopic (exact) mass is 264 g/mol. The topological polar surface area (TPSA) is 0 Å². The lowest BCUT2D eigenvalue weighted by atomic mass is 9.95. The molecule has 1 heteroatoms. The molecule has 0 saturated heterocycles. The smallest absolute Gasteiger partial charge is 0.0412 e. The highest BCUT2D eigenvalue weighted by atomic mass is 35.5. The molecule has 0 radical (unpaired) electrons. The summed E-state index contributed by atoms with van der Waals surface area (Å²) in [7, 11) is 0. The maximum atomic E-state index is 6.16. The van der Waals surface area contributed by atoms with E-state index in [0.29, 0.717) is 0 Å². The standard InChI is InChI=1S/C18H13Cl/c1-11-8-12-4-2-3-5-15(12)17-9-13-6-7-14(19)10-16(13)18(11)17/h2-8,10H,9H2,1H3. The van der Waals surface area contributed by atoms with E-state index in [9.17, 15) is 0 Å². The van der Waals surface area contributed by atoms with E-state index in [4.69, 9.17) is 11.6 Å². The Morgan fingerprint density at radius 3 is 2.74 bits per heavy atom. The third-order valence-corrected chi connectivity index (χ3v) is 4.30. The molecule has 0 fully saturated rings. The zero-order valence-electron chi connectivity index (χ0n) is 10.7. The van der Waals surface area contributed by atoms with Crippen LogP contribution in [0, 0.1) is 6.92 Å². The van der Waals surface area contributed by atoms with Crippen molar-refractivity contribution in [2.24, 2.45) is 0 Å². The van der Waals surface area contributed by atoms with Crippen molar-refractivity contribution in [3.63, 3.8) is 0 Å². The Hall–Kier alpha value is -1.79. The Morgan fingerprint density at radius 2 is 1.84 bits per heavy atom. The second-order valence-electron chi connectivity index (χ2n) is 5.25. The Bertz CT molecular complexity index is 815. The van der Waals surface area contributed by atoms with Gasteiger partial charge in [-0.2, -0.15) is 0 Å². The van der Waals surface area contributed by atoms with Gasteiger partial charge in [0.1, 0.15) is 0 Å². The van der Waals surface area contributed by atoms with Crippen LogP contribution in [0.4, 0.5) is 0 Å². The van der Waals surface area contributed by atoms with E-state index in [1.807, 2.05) is 6.07 Å². The molecule has 0 N–H and O–H groups in total. The number of benzene rings is 3. The molecule has 4 rings (SSSR count). The molecule has 0 saturated carbocycles. The summed E-state index contributed by atoms with van der Waals surface area (Å²) >= 11 is 6.16. The largest absolute Gasteiger partial charge is 0.0843 e. The number of fused-ring (bicyclic) bond motifs is 5. The van der Waals surface area contributed by atoms with E-state index in [0.717, 1.165) is 11.4 Å². The number of rotatable bonds is 0. The average Bonchev–Trinajstić information content (AvgIpc) is 2.78. The van der Waals surface area contributed by atoms with Crippen molar-refractivity contribution in [2.45, 2.75) is 13.3 Å². The van der Waals surface area contributed by atoms with Crippen molar-refractivity contribution >= 4 is 22.4 Å². The zero-order valence-corrected chi connectivity index (χ0v) is 11.5. The molecule has 0 atom stereocenters. The first-order valence-electron chi connectivity index (χ1n) is 6.54. The second-order valence-corrected chi connectivity index (χ2v) is 5.68. The highest BCUT2D eigenvalue weighted by Crippen LogP contribution is 2.43. The first kappa shape index (κ1) is 11.1. The van der Waals surface area contributed by atoms with Crippen molar-refractivity contribution in [3.8, 4) is 11.1 Å². The van der Waals surface area contributed by atoms with Crippen LogP contribution < -0.4 is 0 Å². The number of hydrogen-bond donors (Lipinski definition) is 0. The normalized spacial score (nSPS) is 12.5. The molecular formula is C18H13Cl. The van der Waals surface area contributed by atoms with E-state index in [-0.39, 0.29) is 0 Å². The minimum atomic E-state index is 0.819. The summed E-state index contributed by atoms with van der Waals surface area (Å²) in [6.07, 6.45) is 1.02. The van der Waals surface area contributed by atoms with Crippen molar-refractivity contribution in [1.82, 2.24) is 0 Å². The van der Waals surface area contributed by atoms with E-state index < -0.39 is 0 Å². The van der Waals surface area contributed by atoms with Gasteiger partial charge in [0.2, 0.25) is 0 Å². The molecule has 0 bridgehead atoms. The van der Waals surface area contributed by atoms with E-state index in [1.165, 1.54) is 38.6 Å². The SMILES string of the molecule is Cc1cc2ccccc2c2c1-c1cc(Cl)ccc1C2. The predicted molar refractivity (Wildman–Crippen MR) is 81.9 cm³/mol. The Morgan fingerprint density at radius 1 is 1.00 bits per heavy atom. The first-order valence-corrected chi connectivity index (χ1v) is 6.92. The molecule has 0 aliphatic heterocycles. The summed E-state index contributed by atoms with van der Waals surface area (Å²) in [6, 6.07) is 17.2. The highest BCUT2D eigenvalue weighted by Gasteiger charge is 2.22. The van der Waals surface area contributed by atoms with Gasteiger partial charge < -0.3 is 0 Å². The van der Waals surface area contributed by atoms with Crippen LogP contribution in [0.15, 0.2) is 48.5 Å². The second kappa shape index (κ2) is 3.85. The van der Waals surface area contributed by atoms with Crippen molar-refractivity contribution in [3.05, 3.63) is 70.2 Å². The number of hydrogen-bond acceptors (Lipinski definition) is 0. The van der Waals surface area contributed by atoms with E-state index >= 15 is 0 Å². The van der Waals surface area contributed by atoms with E-state index in [2.05, 4.69) is 49.4 Å². The molecule has 0 spiro atoms. The minimum absolute atomic E-state index is 0.819. The summed E-state index contributed by atoms with van der Waals surface area (Å²) in [6.45, 7) is 2.20. The van der Waals surface area contributed by atoms with Crippen molar-refractivity contribution < 1.29 is 0 Å². The molecule has 0 nitrogen and oxygen atoms in total. The summed E-state index contributed by atoms with van der Waals surface area (Å²) in [5, 5.41) is 3.52. The number of aryl methyl sites for hydroxylation is 1. The van der Waals surface area contributed by atoms with Crippen LogP contribution in [0.3, 0.4) is 0 Å². The van der Waals surface area contributed by atoms with Gasteiger partial charge in [0.15, 0.2) is 0 Å². The lowest BCUT2D eigenvalue weighted by Gasteiger charge is -2.09. The summed E-state index contributed by atoms with van der Waals surface area (Å²) in [5.41, 5.74) is 6.88. The van der Waals surface area contributed by atoms with Gasteiger partial charge >= 0.3 is 0 Å². The molecule has 0 aromatic heterocycles. The van der Waals surface area contributed by atoms with Gasteiger partial charge in [-0.05, 0) is 64.1 Å². The first-order chi connectivity index (χ1) is 9.24. The van der Waals surface area contributed by atoms with Crippen molar-refractivity contribution in [1.29, 1.82) is 0 Å². The fourth-order valence-electron chi connectivity index (χ4n) is 3.26. The third kappa shape index (κ3) is 1.53. The van der Waals surface area contributed by atoms with Gasteiger partial charge in [0.05, 0.1) is 0 Å². The Kier molecular flexibility index (Phi) is 2.24. The Labute approximate surface area is 117 Å². The minimum Gasteiger partial charge on any atom is -0.0843 e. The lowest BCUT2D eigenvalue weighted by Crippen LogP contribution is -1.87. The van der Waals surface area contributed by atoms with Gasteiger partial charge in [-0.1, -0.05) is 48.0 Å². The highest BCUT2D eigenvalue weighted by molar-refractivity contribution is 6.31. The molecule has 0 heterocycles. The molecular weight excluding hydrogens is 252 g/mol. The molecule has 0 unspecified atom stereocenters. The van der Waals surface area contributed by atoms with Crippen LogP contribution in [0.1, 0.15) is 16.7 Å². The summed E-state index contributed by atoms with van der Waals surface area (Å²) in [4.78, 5) is 0. The lowest BCUT2D eigenvalue weighted by molar-refractivity contribution is 1.28. The molecule has 1 aliphatic carbocycles. The molecule has 19 heavy (non-hydrogen) atoms. The zero-order chi connectivity index (χ0) is 13.0. The Balaban J connectivity index is 2.13. The molecule has 1 aliphatic rings. The maximum absolute atomic E-state index is 6.16. The van der Waals surface area contributed by atoms with Gasteiger partial charge in [0, 0.05) is 5.02 Å². The fourth-order valence-corrected chi connectivity index (χ4v) is 3.43. The molecule has 92 valence electrons. The van der Waals surface area contributed by atoms with Gasteiger partial charge in [-0.25, -0.2) is 0 Å². The van der Waals surface area contributed by atoms with Crippen molar-refractivity contribution in [2.75, 3.05) is 0 Å². The molecule has 3 aromatic carbocycles. The number of halogens is 1. The maximum Gasteiger partial charge on any atom is 0.0412 e. The summed E-state index contributed by atoms with van der Waals surface area (Å²) < 4.78 is 0. The molecule has 0 amide bonds. The third-order valence-electron chi connectivity index (χ3n) is 4.06. The van der Waals surface area contributed by atoms with Crippen LogP contribution in [0.2, 0.25) is 5.02 Å². The van der Waals surface area contributed by atoms with Crippen LogP contribution in [0.5, 0.6) is 0 Å². The van der Waals surface area contributed by atoms with E-state index in [1.54, 1.807) is 0 Å².